The molecule has 0 bridgehead atoms. The third kappa shape index (κ3) is 5.32. The number of para-hydroxylation sites is 2. The minimum Gasteiger partial charge on any atom is -0.381 e. The Labute approximate surface area is 167 Å². The SMILES string of the molecule is COC1CCC(C(=O)Nc2ccccc2NC(=O)C2CCC(OC)CC2)CC1. The fraction of sp³-hybridized carbons (Fsp3) is 0.636. The summed E-state index contributed by atoms with van der Waals surface area (Å²) in [6.07, 6.45) is 7.53. The summed E-state index contributed by atoms with van der Waals surface area (Å²) >= 11 is 0. The molecule has 2 saturated carbocycles. The molecule has 1 aromatic carbocycles. The van der Waals surface area contributed by atoms with E-state index >= 15 is 0 Å². The van der Waals surface area contributed by atoms with Crippen LogP contribution >= 0.6 is 0 Å². The van der Waals surface area contributed by atoms with E-state index < -0.39 is 0 Å². The first kappa shape index (κ1) is 20.8. The van der Waals surface area contributed by atoms with Crippen LogP contribution in [0.2, 0.25) is 0 Å². The van der Waals surface area contributed by atoms with Gasteiger partial charge in [-0.25, -0.2) is 0 Å². The molecule has 2 amide bonds. The maximum atomic E-state index is 12.7. The number of rotatable bonds is 6. The molecule has 2 aliphatic rings. The van der Waals surface area contributed by atoms with Crippen molar-refractivity contribution in [1.82, 2.24) is 0 Å². The summed E-state index contributed by atoms with van der Waals surface area (Å²) in [6.45, 7) is 0. The van der Waals surface area contributed by atoms with Gasteiger partial charge in [-0.1, -0.05) is 12.1 Å². The minimum absolute atomic E-state index is 0.000482. The van der Waals surface area contributed by atoms with Crippen molar-refractivity contribution >= 4 is 23.2 Å². The first-order valence-corrected chi connectivity index (χ1v) is 10.4. The Morgan fingerprint density at radius 2 is 1.07 bits per heavy atom. The molecule has 0 heterocycles. The van der Waals surface area contributed by atoms with Crippen LogP contribution < -0.4 is 10.6 Å². The van der Waals surface area contributed by atoms with E-state index in [0.717, 1.165) is 51.4 Å². The van der Waals surface area contributed by atoms with E-state index in [1.165, 1.54) is 0 Å². The van der Waals surface area contributed by atoms with E-state index in [1.54, 1.807) is 14.2 Å². The van der Waals surface area contributed by atoms with Gasteiger partial charge in [0.2, 0.25) is 11.8 Å². The van der Waals surface area contributed by atoms with Crippen LogP contribution in [-0.2, 0) is 19.1 Å². The number of amides is 2. The molecule has 0 aliphatic heterocycles. The van der Waals surface area contributed by atoms with Gasteiger partial charge in [-0.15, -0.1) is 0 Å². The second kappa shape index (κ2) is 10.0. The van der Waals surface area contributed by atoms with Crippen LogP contribution in [0, 0.1) is 11.8 Å². The van der Waals surface area contributed by atoms with Gasteiger partial charge in [0.1, 0.15) is 0 Å². The van der Waals surface area contributed by atoms with Crippen LogP contribution in [0.4, 0.5) is 11.4 Å². The molecule has 0 spiro atoms. The molecule has 0 saturated heterocycles. The van der Waals surface area contributed by atoms with Crippen LogP contribution in [0.15, 0.2) is 24.3 Å². The van der Waals surface area contributed by atoms with Crippen LogP contribution in [0.5, 0.6) is 0 Å². The van der Waals surface area contributed by atoms with Crippen molar-refractivity contribution in [2.75, 3.05) is 24.9 Å². The standard InChI is InChI=1S/C22H32N2O4/c1-27-17-11-7-15(8-12-17)21(25)23-19-5-3-4-6-20(19)24-22(26)16-9-13-18(28-2)14-10-16/h3-6,15-18H,7-14H2,1-2H3,(H,23,25)(H,24,26). The predicted octanol–water partition coefficient (Wildman–Crippen LogP) is 3.97. The van der Waals surface area contributed by atoms with Gasteiger partial charge >= 0.3 is 0 Å². The van der Waals surface area contributed by atoms with Crippen molar-refractivity contribution in [3.63, 3.8) is 0 Å². The highest BCUT2D eigenvalue weighted by atomic mass is 16.5. The van der Waals surface area contributed by atoms with Crippen LogP contribution in [-0.4, -0.2) is 38.2 Å². The lowest BCUT2D eigenvalue weighted by molar-refractivity contribution is -0.122. The van der Waals surface area contributed by atoms with Crippen LogP contribution in [0.3, 0.4) is 0 Å². The second-order valence-corrected chi connectivity index (χ2v) is 7.94. The Morgan fingerprint density at radius 3 is 1.39 bits per heavy atom. The summed E-state index contributed by atoms with van der Waals surface area (Å²) < 4.78 is 10.8. The van der Waals surface area contributed by atoms with Crippen LogP contribution in [0.25, 0.3) is 0 Å². The number of methoxy groups -OCH3 is 2. The zero-order chi connectivity index (χ0) is 19.9. The highest BCUT2D eigenvalue weighted by molar-refractivity contribution is 6.00. The Balaban J connectivity index is 1.57. The second-order valence-electron chi connectivity index (χ2n) is 7.94. The monoisotopic (exact) mass is 388 g/mol. The molecule has 2 fully saturated rings. The van der Waals surface area contributed by atoms with Gasteiger partial charge in [0, 0.05) is 26.1 Å². The number of nitrogens with one attached hydrogen (secondary N) is 2. The van der Waals surface area contributed by atoms with Gasteiger partial charge in [0.05, 0.1) is 23.6 Å². The highest BCUT2D eigenvalue weighted by Gasteiger charge is 2.28. The maximum Gasteiger partial charge on any atom is 0.227 e. The highest BCUT2D eigenvalue weighted by Crippen LogP contribution is 2.30. The van der Waals surface area contributed by atoms with Crippen molar-refractivity contribution < 1.29 is 19.1 Å². The number of anilines is 2. The predicted molar refractivity (Wildman–Crippen MR) is 109 cm³/mol. The van der Waals surface area contributed by atoms with Crippen molar-refractivity contribution in [1.29, 1.82) is 0 Å². The fourth-order valence-electron chi connectivity index (χ4n) is 4.29. The molecule has 2 aliphatic carbocycles. The summed E-state index contributed by atoms with van der Waals surface area (Å²) in [4.78, 5) is 25.4. The van der Waals surface area contributed by atoms with Gasteiger partial charge < -0.3 is 20.1 Å². The number of hydrogen-bond donors (Lipinski definition) is 2. The van der Waals surface area contributed by atoms with E-state index in [2.05, 4.69) is 10.6 Å². The third-order valence-electron chi connectivity index (χ3n) is 6.20. The van der Waals surface area contributed by atoms with Crippen molar-refractivity contribution in [3.8, 4) is 0 Å². The molecule has 6 nitrogen and oxygen atoms in total. The summed E-state index contributed by atoms with van der Waals surface area (Å²) in [5, 5.41) is 6.05. The average Bonchev–Trinajstić information content (AvgIpc) is 2.75. The molecule has 154 valence electrons. The van der Waals surface area contributed by atoms with Gasteiger partial charge in [0.25, 0.3) is 0 Å². The third-order valence-corrected chi connectivity index (χ3v) is 6.20. The molecule has 0 atom stereocenters. The Bertz CT molecular complexity index is 605. The van der Waals surface area contributed by atoms with Crippen LogP contribution in [0.1, 0.15) is 51.4 Å². The molecule has 2 N–H and O–H groups in total. The molecular formula is C22H32N2O4. The summed E-state index contributed by atoms with van der Waals surface area (Å²) in [5.41, 5.74) is 1.33. The topological polar surface area (TPSA) is 76.7 Å². The van der Waals surface area contributed by atoms with Crippen molar-refractivity contribution in [2.24, 2.45) is 11.8 Å². The first-order chi connectivity index (χ1) is 13.6. The maximum absolute atomic E-state index is 12.7. The van der Waals surface area contributed by atoms with Crippen molar-refractivity contribution in [3.05, 3.63) is 24.3 Å². The van der Waals surface area contributed by atoms with E-state index in [0.29, 0.717) is 11.4 Å². The largest absolute Gasteiger partial charge is 0.381 e. The first-order valence-electron chi connectivity index (χ1n) is 10.4. The summed E-state index contributed by atoms with van der Waals surface area (Å²) in [7, 11) is 3.46. The lowest BCUT2D eigenvalue weighted by Gasteiger charge is -2.28. The lowest BCUT2D eigenvalue weighted by atomic mass is 9.86. The quantitative estimate of drug-likeness (QED) is 0.773. The fourth-order valence-corrected chi connectivity index (χ4v) is 4.29. The molecule has 1 aromatic rings. The molecule has 6 heteroatoms. The van der Waals surface area contributed by atoms with E-state index in [1.807, 2.05) is 24.3 Å². The van der Waals surface area contributed by atoms with E-state index in [9.17, 15) is 9.59 Å². The Kier molecular flexibility index (Phi) is 7.45. The lowest BCUT2D eigenvalue weighted by Crippen LogP contribution is -2.31. The normalized spacial score (nSPS) is 27.8. The molecule has 28 heavy (non-hydrogen) atoms. The molecule has 3 rings (SSSR count). The zero-order valence-corrected chi connectivity index (χ0v) is 16.9. The smallest absolute Gasteiger partial charge is 0.227 e. The number of carbonyl (C=O) groups is 2. The van der Waals surface area contributed by atoms with Crippen molar-refractivity contribution in [2.45, 2.75) is 63.6 Å². The molecule has 0 unspecified atom stereocenters. The Hall–Kier alpha value is -1.92. The summed E-state index contributed by atoms with van der Waals surface area (Å²) in [6, 6.07) is 7.43. The van der Waals surface area contributed by atoms with E-state index in [4.69, 9.17) is 9.47 Å². The van der Waals surface area contributed by atoms with Gasteiger partial charge in [-0.2, -0.15) is 0 Å². The number of ether oxygens (including phenoxy) is 2. The summed E-state index contributed by atoms with van der Waals surface area (Å²) in [5.74, 6) is 0.0488. The van der Waals surface area contributed by atoms with Gasteiger partial charge in [-0.05, 0) is 63.5 Å². The van der Waals surface area contributed by atoms with Gasteiger partial charge in [-0.3, -0.25) is 9.59 Å². The number of carbonyl (C=O) groups excluding carboxylic acids is 2. The Morgan fingerprint density at radius 1 is 0.714 bits per heavy atom. The average molecular weight is 389 g/mol. The zero-order valence-electron chi connectivity index (χ0n) is 16.9. The molecular weight excluding hydrogens is 356 g/mol. The number of benzene rings is 1. The van der Waals surface area contributed by atoms with Gasteiger partial charge in [0.15, 0.2) is 0 Å². The minimum atomic E-state index is -0.000482. The van der Waals surface area contributed by atoms with E-state index in [-0.39, 0.29) is 35.9 Å². The number of hydrogen-bond acceptors (Lipinski definition) is 4. The molecule has 0 aromatic heterocycles. The molecule has 0 radical (unpaired) electrons.